The molecule has 1 saturated heterocycles. The zero-order valence-corrected chi connectivity index (χ0v) is 9.89. The van der Waals surface area contributed by atoms with Crippen molar-refractivity contribution in [2.75, 3.05) is 20.2 Å². The predicted octanol–water partition coefficient (Wildman–Crippen LogP) is 1.67. The van der Waals surface area contributed by atoms with Crippen LogP contribution in [0.4, 0.5) is 0 Å². The molecule has 0 saturated carbocycles. The van der Waals surface area contributed by atoms with E-state index in [0.29, 0.717) is 0 Å². The fraction of sp³-hybridized carbons (Fsp3) is 0.909. The third kappa shape index (κ3) is 2.47. The summed E-state index contributed by atoms with van der Waals surface area (Å²) < 4.78 is 5.54. The van der Waals surface area contributed by atoms with Crippen molar-refractivity contribution >= 4 is 5.91 Å². The van der Waals surface area contributed by atoms with E-state index in [4.69, 9.17) is 4.74 Å². The van der Waals surface area contributed by atoms with Crippen molar-refractivity contribution in [3.05, 3.63) is 0 Å². The minimum absolute atomic E-state index is 0.0933. The molecule has 0 unspecified atom stereocenters. The molecule has 1 heterocycles. The minimum atomic E-state index is -0.0933. The zero-order valence-electron chi connectivity index (χ0n) is 9.89. The van der Waals surface area contributed by atoms with E-state index >= 15 is 0 Å². The van der Waals surface area contributed by atoms with Gasteiger partial charge in [-0.3, -0.25) is 4.79 Å². The number of ether oxygens (including phenoxy) is 1. The zero-order chi connectivity index (χ0) is 11.0. The molecule has 0 aliphatic carbocycles. The van der Waals surface area contributed by atoms with Crippen molar-refractivity contribution in [2.45, 2.75) is 39.7 Å². The number of methoxy groups -OCH3 is 1. The molecule has 0 N–H and O–H groups in total. The van der Waals surface area contributed by atoms with E-state index in [-0.39, 0.29) is 16.9 Å². The van der Waals surface area contributed by atoms with Crippen LogP contribution in [0.3, 0.4) is 0 Å². The lowest BCUT2D eigenvalue weighted by Gasteiger charge is -2.51. The van der Waals surface area contributed by atoms with Crippen LogP contribution in [0.2, 0.25) is 0 Å². The summed E-state index contributed by atoms with van der Waals surface area (Å²) in [5.74, 6) is 0.145. The molecule has 14 heavy (non-hydrogen) atoms. The molecule has 1 aliphatic heterocycles. The van der Waals surface area contributed by atoms with Gasteiger partial charge in [0.15, 0.2) is 0 Å². The SMILES string of the molecule is COC1(CC(C)(C)C)CN(C(C)=O)C1. The van der Waals surface area contributed by atoms with Crippen LogP contribution in [-0.2, 0) is 9.53 Å². The molecular weight excluding hydrogens is 178 g/mol. The van der Waals surface area contributed by atoms with Crippen molar-refractivity contribution in [1.29, 1.82) is 0 Å². The summed E-state index contributed by atoms with van der Waals surface area (Å²) in [5.41, 5.74) is 0.156. The summed E-state index contributed by atoms with van der Waals surface area (Å²) in [6.07, 6.45) is 1.00. The second-order valence-electron chi connectivity index (χ2n) is 5.50. The molecule has 1 rings (SSSR count). The van der Waals surface area contributed by atoms with E-state index in [1.165, 1.54) is 0 Å². The first-order chi connectivity index (χ1) is 6.28. The number of rotatable bonds is 2. The smallest absolute Gasteiger partial charge is 0.219 e. The number of likely N-dealkylation sites (tertiary alicyclic amines) is 1. The number of amides is 1. The molecular formula is C11H21NO2. The molecule has 0 aromatic carbocycles. The molecule has 0 aromatic rings. The molecule has 0 spiro atoms. The fourth-order valence-electron chi connectivity index (χ4n) is 2.15. The van der Waals surface area contributed by atoms with Gasteiger partial charge < -0.3 is 9.64 Å². The Bertz CT molecular complexity index is 224. The summed E-state index contributed by atoms with van der Waals surface area (Å²) in [6.45, 7) is 9.70. The van der Waals surface area contributed by atoms with Crippen molar-refractivity contribution in [1.82, 2.24) is 4.90 Å². The molecule has 1 aliphatic rings. The highest BCUT2D eigenvalue weighted by Gasteiger charge is 2.46. The van der Waals surface area contributed by atoms with E-state index in [9.17, 15) is 4.79 Å². The molecule has 0 aromatic heterocycles. The second-order valence-corrected chi connectivity index (χ2v) is 5.50. The van der Waals surface area contributed by atoms with Crippen molar-refractivity contribution < 1.29 is 9.53 Å². The highest BCUT2D eigenvalue weighted by molar-refractivity contribution is 5.74. The fourth-order valence-corrected chi connectivity index (χ4v) is 2.15. The Morgan fingerprint density at radius 2 is 1.93 bits per heavy atom. The predicted molar refractivity (Wildman–Crippen MR) is 56.1 cm³/mol. The Kier molecular flexibility index (Phi) is 2.91. The van der Waals surface area contributed by atoms with Crippen LogP contribution < -0.4 is 0 Å². The summed E-state index contributed by atoms with van der Waals surface area (Å²) in [5, 5.41) is 0. The first-order valence-electron chi connectivity index (χ1n) is 5.09. The van der Waals surface area contributed by atoms with Gasteiger partial charge in [0.25, 0.3) is 0 Å². The first-order valence-corrected chi connectivity index (χ1v) is 5.09. The quantitative estimate of drug-likeness (QED) is 0.677. The van der Waals surface area contributed by atoms with Gasteiger partial charge in [-0.1, -0.05) is 20.8 Å². The lowest BCUT2D eigenvalue weighted by atomic mass is 9.77. The lowest BCUT2D eigenvalue weighted by molar-refractivity contribution is -0.166. The van der Waals surface area contributed by atoms with Gasteiger partial charge in [-0.2, -0.15) is 0 Å². The van der Waals surface area contributed by atoms with Crippen LogP contribution >= 0.6 is 0 Å². The number of carbonyl (C=O) groups excluding carboxylic acids is 1. The third-order valence-corrected chi connectivity index (χ3v) is 2.69. The average Bonchev–Trinajstić information content (AvgIpc) is 1.93. The van der Waals surface area contributed by atoms with Gasteiger partial charge in [0.2, 0.25) is 5.91 Å². The molecule has 82 valence electrons. The Morgan fingerprint density at radius 3 is 2.21 bits per heavy atom. The lowest BCUT2D eigenvalue weighted by Crippen LogP contribution is -2.65. The Morgan fingerprint density at radius 1 is 1.43 bits per heavy atom. The van der Waals surface area contributed by atoms with Crippen LogP contribution in [0, 0.1) is 5.41 Å². The van der Waals surface area contributed by atoms with Gasteiger partial charge in [0.05, 0.1) is 13.1 Å². The summed E-state index contributed by atoms with van der Waals surface area (Å²) >= 11 is 0. The Balaban J connectivity index is 2.53. The van der Waals surface area contributed by atoms with Crippen LogP contribution in [0.15, 0.2) is 0 Å². The van der Waals surface area contributed by atoms with E-state index < -0.39 is 0 Å². The van der Waals surface area contributed by atoms with Crippen molar-refractivity contribution in [3.63, 3.8) is 0 Å². The molecule has 1 fully saturated rings. The highest BCUT2D eigenvalue weighted by atomic mass is 16.5. The maximum Gasteiger partial charge on any atom is 0.219 e. The van der Waals surface area contributed by atoms with Crippen LogP contribution in [0.25, 0.3) is 0 Å². The van der Waals surface area contributed by atoms with Gasteiger partial charge in [0.1, 0.15) is 5.60 Å². The Labute approximate surface area is 86.4 Å². The monoisotopic (exact) mass is 199 g/mol. The number of nitrogens with zero attached hydrogens (tertiary/aromatic N) is 1. The molecule has 0 atom stereocenters. The van der Waals surface area contributed by atoms with Gasteiger partial charge >= 0.3 is 0 Å². The van der Waals surface area contributed by atoms with E-state index in [1.807, 2.05) is 4.90 Å². The van der Waals surface area contributed by atoms with Gasteiger partial charge in [-0.05, 0) is 11.8 Å². The third-order valence-electron chi connectivity index (χ3n) is 2.69. The standard InChI is InChI=1S/C11H21NO2/c1-9(13)12-7-11(8-12,14-5)6-10(2,3)4/h6-8H2,1-5H3. The topological polar surface area (TPSA) is 29.5 Å². The molecule has 3 heteroatoms. The minimum Gasteiger partial charge on any atom is -0.375 e. The van der Waals surface area contributed by atoms with Gasteiger partial charge in [-0.15, -0.1) is 0 Å². The normalized spacial score (nSPS) is 20.5. The number of hydrogen-bond donors (Lipinski definition) is 0. The number of hydrogen-bond acceptors (Lipinski definition) is 2. The summed E-state index contributed by atoms with van der Waals surface area (Å²) in [6, 6.07) is 0. The Hall–Kier alpha value is -0.570. The molecule has 0 bridgehead atoms. The molecule has 1 amide bonds. The summed E-state index contributed by atoms with van der Waals surface area (Å²) in [4.78, 5) is 12.9. The molecule has 3 nitrogen and oxygen atoms in total. The summed E-state index contributed by atoms with van der Waals surface area (Å²) in [7, 11) is 1.74. The van der Waals surface area contributed by atoms with E-state index in [0.717, 1.165) is 19.5 Å². The first kappa shape index (κ1) is 11.5. The van der Waals surface area contributed by atoms with Gasteiger partial charge in [0, 0.05) is 14.0 Å². The van der Waals surface area contributed by atoms with Crippen molar-refractivity contribution in [2.24, 2.45) is 5.41 Å². The maximum atomic E-state index is 11.1. The molecule has 0 radical (unpaired) electrons. The van der Waals surface area contributed by atoms with E-state index in [1.54, 1.807) is 14.0 Å². The van der Waals surface area contributed by atoms with Crippen molar-refractivity contribution in [3.8, 4) is 0 Å². The average molecular weight is 199 g/mol. The highest BCUT2D eigenvalue weighted by Crippen LogP contribution is 2.36. The number of carbonyl (C=O) groups is 1. The van der Waals surface area contributed by atoms with Crippen LogP contribution in [0.5, 0.6) is 0 Å². The largest absolute Gasteiger partial charge is 0.375 e. The van der Waals surface area contributed by atoms with Crippen LogP contribution in [0.1, 0.15) is 34.1 Å². The second kappa shape index (κ2) is 3.54. The van der Waals surface area contributed by atoms with Crippen LogP contribution in [-0.4, -0.2) is 36.6 Å². The van der Waals surface area contributed by atoms with E-state index in [2.05, 4.69) is 20.8 Å². The maximum absolute atomic E-state index is 11.1. The van der Waals surface area contributed by atoms with Gasteiger partial charge in [-0.25, -0.2) is 0 Å².